The second-order valence-electron chi connectivity index (χ2n) is 9.07. The molecular formula is C27H34N2O2. The van der Waals surface area contributed by atoms with E-state index in [1.807, 2.05) is 0 Å². The molecular weight excluding hydrogens is 384 g/mol. The number of methoxy groups -OCH3 is 2. The molecule has 31 heavy (non-hydrogen) atoms. The largest absolute Gasteiger partial charge is 0.493 e. The van der Waals surface area contributed by atoms with E-state index in [-0.39, 0.29) is 0 Å². The average Bonchev–Trinajstić information content (AvgIpc) is 2.82. The van der Waals surface area contributed by atoms with Crippen LogP contribution in [0.25, 0.3) is 0 Å². The van der Waals surface area contributed by atoms with Crippen molar-refractivity contribution in [1.29, 1.82) is 0 Å². The van der Waals surface area contributed by atoms with Crippen molar-refractivity contribution in [2.24, 2.45) is 0 Å². The second kappa shape index (κ2) is 8.68. The third kappa shape index (κ3) is 3.77. The smallest absolute Gasteiger partial charge is 0.161 e. The fourth-order valence-corrected chi connectivity index (χ4v) is 5.85. The highest BCUT2D eigenvalue weighted by molar-refractivity contribution is 5.50. The van der Waals surface area contributed by atoms with Gasteiger partial charge in [-0.15, -0.1) is 0 Å². The third-order valence-electron chi connectivity index (χ3n) is 7.54. The molecule has 0 bridgehead atoms. The molecule has 0 aromatic heterocycles. The molecule has 4 nitrogen and oxygen atoms in total. The van der Waals surface area contributed by atoms with Crippen LogP contribution in [0.3, 0.4) is 0 Å². The van der Waals surface area contributed by atoms with E-state index in [1.54, 1.807) is 25.4 Å². The summed E-state index contributed by atoms with van der Waals surface area (Å²) in [5.74, 6) is 1.69. The molecule has 1 N–H and O–H groups in total. The minimum absolute atomic E-state index is 0.432. The molecule has 5 rings (SSSR count). The summed E-state index contributed by atoms with van der Waals surface area (Å²) in [5, 5.41) is 3.81. The van der Waals surface area contributed by atoms with E-state index in [9.17, 15) is 0 Å². The van der Waals surface area contributed by atoms with Crippen molar-refractivity contribution in [3.63, 3.8) is 0 Å². The molecule has 0 spiro atoms. The Morgan fingerprint density at radius 3 is 2.58 bits per heavy atom. The maximum absolute atomic E-state index is 5.65. The summed E-state index contributed by atoms with van der Waals surface area (Å²) in [6.07, 6.45) is 5.60. The van der Waals surface area contributed by atoms with Gasteiger partial charge in [-0.05, 0) is 73.0 Å². The van der Waals surface area contributed by atoms with Crippen LogP contribution in [-0.4, -0.2) is 38.8 Å². The summed E-state index contributed by atoms with van der Waals surface area (Å²) in [6, 6.07) is 14.3. The molecule has 2 atom stereocenters. The van der Waals surface area contributed by atoms with Crippen molar-refractivity contribution in [1.82, 2.24) is 10.2 Å². The van der Waals surface area contributed by atoms with Crippen LogP contribution in [0, 0.1) is 0 Å². The second-order valence-corrected chi connectivity index (χ2v) is 9.07. The molecule has 3 heterocycles. The van der Waals surface area contributed by atoms with Crippen LogP contribution in [0.4, 0.5) is 0 Å². The summed E-state index contributed by atoms with van der Waals surface area (Å²) in [4.78, 5) is 2.68. The van der Waals surface area contributed by atoms with Gasteiger partial charge in [0.15, 0.2) is 11.5 Å². The lowest BCUT2D eigenvalue weighted by Crippen LogP contribution is -2.40. The zero-order valence-electron chi connectivity index (χ0n) is 19.0. The number of hydrogen-bond donors (Lipinski definition) is 1. The van der Waals surface area contributed by atoms with E-state index in [0.29, 0.717) is 12.1 Å². The molecule has 3 aliphatic rings. The summed E-state index contributed by atoms with van der Waals surface area (Å²) >= 11 is 0. The highest BCUT2D eigenvalue weighted by atomic mass is 16.5. The lowest BCUT2D eigenvalue weighted by molar-refractivity contribution is 0.181. The van der Waals surface area contributed by atoms with Crippen molar-refractivity contribution >= 4 is 0 Å². The summed E-state index contributed by atoms with van der Waals surface area (Å²) in [7, 11) is 3.46. The Morgan fingerprint density at radius 1 is 0.968 bits per heavy atom. The Morgan fingerprint density at radius 2 is 1.77 bits per heavy atom. The van der Waals surface area contributed by atoms with Gasteiger partial charge in [-0.2, -0.15) is 0 Å². The van der Waals surface area contributed by atoms with E-state index in [4.69, 9.17) is 9.47 Å². The topological polar surface area (TPSA) is 33.7 Å². The van der Waals surface area contributed by atoms with Gasteiger partial charge < -0.3 is 14.8 Å². The molecule has 4 heteroatoms. The van der Waals surface area contributed by atoms with E-state index in [2.05, 4.69) is 53.5 Å². The van der Waals surface area contributed by atoms with E-state index in [1.165, 1.54) is 22.3 Å². The summed E-state index contributed by atoms with van der Waals surface area (Å²) in [6.45, 7) is 5.61. The average molecular weight is 419 g/mol. The Balaban J connectivity index is 1.46. The van der Waals surface area contributed by atoms with Gasteiger partial charge in [-0.1, -0.05) is 42.3 Å². The summed E-state index contributed by atoms with van der Waals surface area (Å²) < 4.78 is 11.2. The standard InChI is InChI=1S/C27H34N2O2/c1-4-18-17-29-12-10-20-15-26(30-2)27(31-3)16-23(20)25(29)14-21(18)13-24-22-8-6-5-7-19(22)9-11-28-24/h5-8,15-16,24-25,28H,4,9-14,17H2,1-3H3/t24-,25-/m0/s1. The molecule has 2 aromatic carbocycles. The van der Waals surface area contributed by atoms with Gasteiger partial charge in [0.05, 0.1) is 14.2 Å². The van der Waals surface area contributed by atoms with Crippen molar-refractivity contribution in [2.45, 2.75) is 51.1 Å². The molecule has 3 aliphatic heterocycles. The van der Waals surface area contributed by atoms with Gasteiger partial charge in [-0.25, -0.2) is 0 Å². The number of hydrogen-bond acceptors (Lipinski definition) is 4. The van der Waals surface area contributed by atoms with Crippen LogP contribution in [0.2, 0.25) is 0 Å². The molecule has 164 valence electrons. The predicted octanol–water partition coefficient (Wildman–Crippen LogP) is 4.99. The van der Waals surface area contributed by atoms with Gasteiger partial charge >= 0.3 is 0 Å². The van der Waals surface area contributed by atoms with E-state index < -0.39 is 0 Å². The quantitative estimate of drug-likeness (QED) is 0.694. The number of fused-ring (bicyclic) bond motifs is 4. The van der Waals surface area contributed by atoms with E-state index in [0.717, 1.165) is 63.2 Å². The van der Waals surface area contributed by atoms with Gasteiger partial charge in [0.1, 0.15) is 0 Å². The number of rotatable bonds is 5. The minimum atomic E-state index is 0.432. The molecule has 0 radical (unpaired) electrons. The minimum Gasteiger partial charge on any atom is -0.493 e. The molecule has 0 unspecified atom stereocenters. The van der Waals surface area contributed by atoms with Crippen LogP contribution in [0.15, 0.2) is 47.5 Å². The highest BCUT2D eigenvalue weighted by Gasteiger charge is 2.34. The van der Waals surface area contributed by atoms with Gasteiger partial charge in [0.2, 0.25) is 0 Å². The summed E-state index contributed by atoms with van der Waals surface area (Å²) in [5.41, 5.74) is 9.15. The van der Waals surface area contributed by atoms with Crippen LogP contribution in [0.5, 0.6) is 11.5 Å². The number of ether oxygens (including phenoxy) is 2. The lowest BCUT2D eigenvalue weighted by Gasteiger charge is -2.43. The number of nitrogens with zero attached hydrogens (tertiary/aromatic N) is 1. The maximum atomic E-state index is 5.65. The first-order valence-corrected chi connectivity index (χ1v) is 11.7. The molecule has 2 aromatic rings. The van der Waals surface area contributed by atoms with Crippen LogP contribution in [0.1, 0.15) is 60.5 Å². The highest BCUT2D eigenvalue weighted by Crippen LogP contribution is 2.45. The van der Waals surface area contributed by atoms with E-state index >= 15 is 0 Å². The number of nitrogens with one attached hydrogen (secondary N) is 1. The van der Waals surface area contributed by atoms with Gasteiger partial charge in [0, 0.05) is 25.2 Å². The first-order chi connectivity index (χ1) is 15.2. The Labute approximate surface area is 186 Å². The number of benzene rings is 2. The van der Waals surface area contributed by atoms with Gasteiger partial charge in [-0.3, -0.25) is 4.90 Å². The van der Waals surface area contributed by atoms with Crippen molar-refractivity contribution in [3.8, 4) is 11.5 Å². The zero-order chi connectivity index (χ0) is 21.4. The lowest BCUT2D eigenvalue weighted by atomic mass is 9.80. The molecule has 0 saturated carbocycles. The Bertz CT molecular complexity index is 997. The molecule has 0 amide bonds. The first-order valence-electron chi connectivity index (χ1n) is 11.7. The molecule has 0 saturated heterocycles. The zero-order valence-corrected chi connectivity index (χ0v) is 19.0. The predicted molar refractivity (Wildman–Crippen MR) is 125 cm³/mol. The Kier molecular flexibility index (Phi) is 5.77. The SMILES string of the molecule is CCC1=C(C[C@@H]2NCCc3ccccc32)C[C@H]2c3cc(OC)c(OC)cc3CCN2C1. The van der Waals surface area contributed by atoms with Crippen LogP contribution >= 0.6 is 0 Å². The van der Waals surface area contributed by atoms with Gasteiger partial charge in [0.25, 0.3) is 0 Å². The monoisotopic (exact) mass is 418 g/mol. The van der Waals surface area contributed by atoms with Crippen molar-refractivity contribution < 1.29 is 9.47 Å². The fraction of sp³-hybridized carbons (Fsp3) is 0.481. The first kappa shape index (κ1) is 20.6. The molecule has 0 aliphatic carbocycles. The van der Waals surface area contributed by atoms with Crippen LogP contribution < -0.4 is 14.8 Å². The normalized spacial score (nSPS) is 23.1. The third-order valence-corrected chi connectivity index (χ3v) is 7.54. The maximum Gasteiger partial charge on any atom is 0.161 e. The molecule has 0 fully saturated rings. The van der Waals surface area contributed by atoms with Crippen LogP contribution in [-0.2, 0) is 12.8 Å². The fourth-order valence-electron chi connectivity index (χ4n) is 5.85. The Hall–Kier alpha value is -2.30. The van der Waals surface area contributed by atoms with Crippen molar-refractivity contribution in [2.75, 3.05) is 33.9 Å². The van der Waals surface area contributed by atoms with Crippen molar-refractivity contribution in [3.05, 3.63) is 69.8 Å².